The Bertz CT molecular complexity index is 1370. The summed E-state index contributed by atoms with van der Waals surface area (Å²) < 4.78 is 18.6. The quantitative estimate of drug-likeness (QED) is 0.400. The molecule has 0 aliphatic carbocycles. The second-order valence-electron chi connectivity index (χ2n) is 11.6. The molecule has 1 atom stereocenters. The number of pyridine rings is 1. The van der Waals surface area contributed by atoms with Gasteiger partial charge in [-0.15, -0.1) is 0 Å². The largest absolute Gasteiger partial charge is 0.496 e. The highest BCUT2D eigenvalue weighted by atomic mass is 35.5. The number of aromatic nitrogens is 2. The van der Waals surface area contributed by atoms with Crippen molar-refractivity contribution in [2.75, 3.05) is 78.0 Å². The Labute approximate surface area is 247 Å². The molecule has 0 saturated carbocycles. The van der Waals surface area contributed by atoms with Gasteiger partial charge in [0.25, 0.3) is 0 Å². The highest BCUT2D eigenvalue weighted by molar-refractivity contribution is 6.32. The molecule has 41 heavy (non-hydrogen) atoms. The van der Waals surface area contributed by atoms with E-state index in [1.54, 1.807) is 20.3 Å². The van der Waals surface area contributed by atoms with Crippen molar-refractivity contribution in [3.8, 4) is 22.8 Å². The second-order valence-corrected chi connectivity index (χ2v) is 12.0. The van der Waals surface area contributed by atoms with E-state index in [4.69, 9.17) is 30.8 Å². The van der Waals surface area contributed by atoms with Crippen LogP contribution in [0, 0.1) is 0 Å². The molecule has 1 unspecified atom stereocenters. The van der Waals surface area contributed by atoms with Gasteiger partial charge in [0.05, 0.1) is 24.9 Å². The summed E-state index contributed by atoms with van der Waals surface area (Å²) in [5.41, 5.74) is 3.14. The summed E-state index contributed by atoms with van der Waals surface area (Å²) in [4.78, 5) is 24.8. The van der Waals surface area contributed by atoms with Gasteiger partial charge < -0.3 is 28.8 Å². The SMILES string of the molecule is COc1cc(OC)c(-c2cn3ccc(N4CCN(CCN5CCNCC5C(=O)OC(C)(C)C)CC4)cc3n2)cc1Cl. The van der Waals surface area contributed by atoms with E-state index in [0.29, 0.717) is 23.1 Å². The first-order chi connectivity index (χ1) is 19.6. The van der Waals surface area contributed by atoms with E-state index >= 15 is 0 Å². The maximum atomic E-state index is 12.8. The van der Waals surface area contributed by atoms with E-state index in [0.717, 1.165) is 74.9 Å². The maximum Gasteiger partial charge on any atom is 0.325 e. The number of hydrogen-bond acceptors (Lipinski definition) is 9. The summed E-state index contributed by atoms with van der Waals surface area (Å²) in [5.74, 6) is 1.08. The molecule has 11 heteroatoms. The number of carbonyl (C=O) groups excluding carboxylic acids is 1. The maximum absolute atomic E-state index is 12.8. The van der Waals surface area contributed by atoms with Crippen molar-refractivity contribution in [2.24, 2.45) is 0 Å². The molecule has 5 rings (SSSR count). The van der Waals surface area contributed by atoms with Gasteiger partial charge in [0.2, 0.25) is 0 Å². The molecule has 2 aliphatic rings. The normalized spacial score (nSPS) is 19.0. The van der Waals surface area contributed by atoms with Gasteiger partial charge in [-0.05, 0) is 32.9 Å². The van der Waals surface area contributed by atoms with Crippen LogP contribution in [0.2, 0.25) is 5.02 Å². The minimum atomic E-state index is -0.478. The van der Waals surface area contributed by atoms with Crippen molar-refractivity contribution in [1.29, 1.82) is 0 Å². The molecule has 0 bridgehead atoms. The fraction of sp³-hybridized carbons (Fsp3) is 0.533. The van der Waals surface area contributed by atoms with Crippen LogP contribution in [0.3, 0.4) is 0 Å². The highest BCUT2D eigenvalue weighted by Crippen LogP contribution is 2.38. The van der Waals surface area contributed by atoms with Crippen LogP contribution >= 0.6 is 11.6 Å². The van der Waals surface area contributed by atoms with Crippen LogP contribution < -0.4 is 19.7 Å². The molecule has 4 heterocycles. The Hall–Kier alpha value is -3.05. The van der Waals surface area contributed by atoms with Crippen LogP contribution in [-0.2, 0) is 9.53 Å². The third-order valence-electron chi connectivity index (χ3n) is 7.67. The number of rotatable bonds is 8. The molecular weight excluding hydrogens is 544 g/mol. The van der Waals surface area contributed by atoms with E-state index in [-0.39, 0.29) is 12.0 Å². The molecule has 2 aromatic heterocycles. The number of nitrogens with one attached hydrogen (secondary N) is 1. The van der Waals surface area contributed by atoms with Gasteiger partial charge >= 0.3 is 5.97 Å². The fourth-order valence-corrected chi connectivity index (χ4v) is 5.71. The topological polar surface area (TPSA) is 83.8 Å². The van der Waals surface area contributed by atoms with Crippen molar-refractivity contribution in [3.05, 3.63) is 41.7 Å². The van der Waals surface area contributed by atoms with Crippen molar-refractivity contribution in [1.82, 2.24) is 24.5 Å². The Morgan fingerprint density at radius 2 is 1.80 bits per heavy atom. The fourth-order valence-electron chi connectivity index (χ4n) is 5.47. The molecule has 0 spiro atoms. The van der Waals surface area contributed by atoms with Crippen LogP contribution in [-0.4, -0.2) is 110 Å². The molecule has 2 aliphatic heterocycles. The molecule has 0 radical (unpaired) electrons. The van der Waals surface area contributed by atoms with Crippen molar-refractivity contribution >= 4 is 28.9 Å². The highest BCUT2D eigenvalue weighted by Gasteiger charge is 2.32. The average Bonchev–Trinajstić information content (AvgIpc) is 3.39. The predicted molar refractivity (Wildman–Crippen MR) is 161 cm³/mol. The molecular formula is C30H41ClN6O4. The van der Waals surface area contributed by atoms with Crippen molar-refractivity contribution in [3.63, 3.8) is 0 Å². The number of anilines is 1. The summed E-state index contributed by atoms with van der Waals surface area (Å²) in [5, 5.41) is 3.85. The van der Waals surface area contributed by atoms with E-state index in [2.05, 4.69) is 32.1 Å². The summed E-state index contributed by atoms with van der Waals surface area (Å²) in [6, 6.07) is 7.65. The Kier molecular flexibility index (Phi) is 8.94. The number of halogens is 1. The van der Waals surface area contributed by atoms with Gasteiger partial charge in [0.1, 0.15) is 28.8 Å². The Balaban J connectivity index is 1.20. The predicted octanol–water partition coefficient (Wildman–Crippen LogP) is 3.41. The number of hydrogen-bond donors (Lipinski definition) is 1. The lowest BCUT2D eigenvalue weighted by molar-refractivity contribution is -0.162. The molecule has 2 fully saturated rings. The van der Waals surface area contributed by atoms with E-state index < -0.39 is 5.60 Å². The number of benzene rings is 1. The Morgan fingerprint density at radius 3 is 2.51 bits per heavy atom. The molecule has 1 aromatic carbocycles. The van der Waals surface area contributed by atoms with E-state index in [9.17, 15) is 4.79 Å². The number of methoxy groups -OCH3 is 2. The van der Waals surface area contributed by atoms with Crippen LogP contribution in [0.1, 0.15) is 20.8 Å². The number of ether oxygens (including phenoxy) is 3. The second kappa shape index (κ2) is 12.4. The van der Waals surface area contributed by atoms with Crippen molar-refractivity contribution < 1.29 is 19.0 Å². The molecule has 222 valence electrons. The van der Waals surface area contributed by atoms with Gasteiger partial charge in [0, 0.05) is 94.7 Å². The third kappa shape index (κ3) is 6.89. The minimum Gasteiger partial charge on any atom is -0.496 e. The smallest absolute Gasteiger partial charge is 0.325 e. The first-order valence-electron chi connectivity index (χ1n) is 14.2. The molecule has 3 aromatic rings. The van der Waals surface area contributed by atoms with Crippen molar-refractivity contribution in [2.45, 2.75) is 32.4 Å². The van der Waals surface area contributed by atoms with Crippen LogP contribution in [0.5, 0.6) is 11.5 Å². The number of nitrogens with zero attached hydrogens (tertiary/aromatic N) is 5. The monoisotopic (exact) mass is 584 g/mol. The summed E-state index contributed by atoms with van der Waals surface area (Å²) in [6.45, 7) is 13.7. The lowest BCUT2D eigenvalue weighted by Gasteiger charge is -2.39. The molecule has 10 nitrogen and oxygen atoms in total. The van der Waals surface area contributed by atoms with Gasteiger partial charge in [-0.3, -0.25) is 14.6 Å². The number of fused-ring (bicyclic) bond motifs is 1. The summed E-state index contributed by atoms with van der Waals surface area (Å²) in [6.07, 6.45) is 4.03. The van der Waals surface area contributed by atoms with Gasteiger partial charge in [-0.1, -0.05) is 11.6 Å². The van der Waals surface area contributed by atoms with Gasteiger partial charge in [-0.2, -0.15) is 0 Å². The average molecular weight is 585 g/mol. The third-order valence-corrected chi connectivity index (χ3v) is 7.96. The van der Waals surface area contributed by atoms with Gasteiger partial charge in [0.15, 0.2) is 0 Å². The zero-order valence-corrected chi connectivity index (χ0v) is 25.4. The summed E-state index contributed by atoms with van der Waals surface area (Å²) in [7, 11) is 3.21. The first-order valence-corrected chi connectivity index (χ1v) is 14.6. The standard InChI is InChI=1S/C30H41ClN6O4/c1-30(2,3)41-29(38)25-19-32-7-9-36(25)15-12-34-10-13-35(14-11-34)21-6-8-37-20-24(33-28(37)16-21)22-17-23(31)27(40-5)18-26(22)39-4/h6,8,16-18,20,25,32H,7,9-15,19H2,1-5H3. The summed E-state index contributed by atoms with van der Waals surface area (Å²) >= 11 is 6.40. The molecule has 0 amide bonds. The first kappa shape index (κ1) is 29.4. The minimum absolute atomic E-state index is 0.138. The zero-order valence-electron chi connectivity index (χ0n) is 24.7. The lowest BCUT2D eigenvalue weighted by atomic mass is 10.1. The van der Waals surface area contributed by atoms with Crippen LogP contribution in [0.15, 0.2) is 36.7 Å². The van der Waals surface area contributed by atoms with E-state index in [1.807, 2.05) is 43.6 Å². The number of piperazine rings is 2. The Morgan fingerprint density at radius 1 is 1.05 bits per heavy atom. The molecule has 2 saturated heterocycles. The van der Waals surface area contributed by atoms with Crippen LogP contribution in [0.4, 0.5) is 5.69 Å². The van der Waals surface area contributed by atoms with Crippen LogP contribution in [0.25, 0.3) is 16.9 Å². The lowest BCUT2D eigenvalue weighted by Crippen LogP contribution is -2.58. The van der Waals surface area contributed by atoms with Gasteiger partial charge in [-0.25, -0.2) is 4.98 Å². The number of esters is 1. The number of carbonyl (C=O) groups is 1. The van der Waals surface area contributed by atoms with E-state index in [1.165, 1.54) is 0 Å². The number of imidazole rings is 1. The zero-order chi connectivity index (χ0) is 29.1. The molecule has 1 N–H and O–H groups in total.